The number of rotatable bonds is 6. The third-order valence-corrected chi connectivity index (χ3v) is 2.83. The van der Waals surface area contributed by atoms with E-state index in [1.54, 1.807) is 17.3 Å². The number of urea groups is 1. The molecule has 0 saturated carbocycles. The predicted molar refractivity (Wildman–Crippen MR) is 73.4 cm³/mol. The molecular formula is C14H23N3O. The number of hydrogen-bond acceptors (Lipinski definition) is 2. The zero-order chi connectivity index (χ0) is 13.4. The molecule has 0 bridgehead atoms. The Bertz CT molecular complexity index is 351. The summed E-state index contributed by atoms with van der Waals surface area (Å²) in [6, 6.07) is 3.96. The maximum atomic E-state index is 11.7. The molecule has 0 fully saturated rings. The average Bonchev–Trinajstić information content (AvgIpc) is 2.36. The molecule has 0 aliphatic carbocycles. The largest absolute Gasteiger partial charge is 0.338 e. The Hall–Kier alpha value is -1.58. The Labute approximate surface area is 109 Å². The van der Waals surface area contributed by atoms with E-state index in [-0.39, 0.29) is 6.03 Å². The molecule has 1 aromatic heterocycles. The van der Waals surface area contributed by atoms with E-state index in [4.69, 9.17) is 0 Å². The van der Waals surface area contributed by atoms with Gasteiger partial charge in [0, 0.05) is 32.5 Å². The Morgan fingerprint density at radius 3 is 2.67 bits per heavy atom. The van der Waals surface area contributed by atoms with Crippen molar-refractivity contribution in [1.82, 2.24) is 15.2 Å². The lowest BCUT2D eigenvalue weighted by Crippen LogP contribution is -2.39. The maximum absolute atomic E-state index is 11.7. The number of likely N-dealkylation sites (N-methyl/N-ethyl adjacent to an activating group) is 1. The van der Waals surface area contributed by atoms with Gasteiger partial charge < -0.3 is 10.2 Å². The molecule has 4 heteroatoms. The highest BCUT2D eigenvalue weighted by atomic mass is 16.2. The van der Waals surface area contributed by atoms with Crippen molar-refractivity contribution in [2.75, 3.05) is 20.1 Å². The summed E-state index contributed by atoms with van der Waals surface area (Å²) in [6.45, 7) is 5.77. The molecule has 100 valence electrons. The van der Waals surface area contributed by atoms with E-state index in [1.165, 1.54) is 5.56 Å². The van der Waals surface area contributed by atoms with Crippen LogP contribution in [0.5, 0.6) is 0 Å². The molecule has 1 N–H and O–H groups in total. The van der Waals surface area contributed by atoms with Gasteiger partial charge in [-0.05, 0) is 36.5 Å². The summed E-state index contributed by atoms with van der Waals surface area (Å²) < 4.78 is 0. The molecule has 0 spiro atoms. The van der Waals surface area contributed by atoms with Crippen LogP contribution in [-0.4, -0.2) is 36.1 Å². The van der Waals surface area contributed by atoms with Crippen LogP contribution in [-0.2, 0) is 6.42 Å². The molecule has 2 amide bonds. The fourth-order valence-corrected chi connectivity index (χ4v) is 1.55. The molecule has 1 heterocycles. The smallest absolute Gasteiger partial charge is 0.317 e. The first-order chi connectivity index (χ1) is 8.59. The van der Waals surface area contributed by atoms with Gasteiger partial charge in [0.25, 0.3) is 0 Å². The minimum absolute atomic E-state index is 0.00436. The standard InChI is InChI=1S/C14H23N3O/c1-12(2)4-10-16-14(18)17(3)11-7-13-5-8-15-9-6-13/h5-6,8-9,12H,4,7,10-11H2,1-3H3,(H,16,18). The molecule has 0 aliphatic rings. The van der Waals surface area contributed by atoms with E-state index in [1.807, 2.05) is 19.2 Å². The van der Waals surface area contributed by atoms with Crippen molar-refractivity contribution >= 4 is 6.03 Å². The van der Waals surface area contributed by atoms with Crippen LogP contribution < -0.4 is 5.32 Å². The third kappa shape index (κ3) is 5.66. The van der Waals surface area contributed by atoms with Gasteiger partial charge in [0.05, 0.1) is 0 Å². The first kappa shape index (κ1) is 14.5. The number of nitrogens with one attached hydrogen (secondary N) is 1. The van der Waals surface area contributed by atoms with Gasteiger partial charge in [-0.3, -0.25) is 4.98 Å². The molecule has 0 unspecified atom stereocenters. The monoisotopic (exact) mass is 249 g/mol. The molecule has 1 rings (SSSR count). The van der Waals surface area contributed by atoms with Crippen LogP contribution in [0.3, 0.4) is 0 Å². The van der Waals surface area contributed by atoms with Gasteiger partial charge in [0.2, 0.25) is 0 Å². The van der Waals surface area contributed by atoms with Crippen molar-refractivity contribution in [1.29, 1.82) is 0 Å². The highest BCUT2D eigenvalue weighted by molar-refractivity contribution is 5.73. The summed E-state index contributed by atoms with van der Waals surface area (Å²) in [7, 11) is 1.83. The summed E-state index contributed by atoms with van der Waals surface area (Å²) >= 11 is 0. The summed E-state index contributed by atoms with van der Waals surface area (Å²) in [5.74, 6) is 0.618. The van der Waals surface area contributed by atoms with Gasteiger partial charge in [0.1, 0.15) is 0 Å². The number of pyridine rings is 1. The average molecular weight is 249 g/mol. The lowest BCUT2D eigenvalue weighted by Gasteiger charge is -2.18. The van der Waals surface area contributed by atoms with Crippen LogP contribution in [0.4, 0.5) is 4.79 Å². The van der Waals surface area contributed by atoms with Crippen LogP contribution in [0.1, 0.15) is 25.8 Å². The van der Waals surface area contributed by atoms with Crippen molar-refractivity contribution in [2.24, 2.45) is 5.92 Å². The van der Waals surface area contributed by atoms with Gasteiger partial charge in [-0.1, -0.05) is 13.8 Å². The number of nitrogens with zero attached hydrogens (tertiary/aromatic N) is 2. The van der Waals surface area contributed by atoms with Gasteiger partial charge in [-0.15, -0.1) is 0 Å². The molecule has 0 saturated heterocycles. The third-order valence-electron chi connectivity index (χ3n) is 2.83. The number of carbonyl (C=O) groups excluding carboxylic acids is 1. The first-order valence-corrected chi connectivity index (χ1v) is 6.47. The van der Waals surface area contributed by atoms with Crippen LogP contribution in [0.2, 0.25) is 0 Å². The second-order valence-corrected chi connectivity index (χ2v) is 4.94. The Kier molecular flexibility index (Phi) is 6.19. The molecule has 18 heavy (non-hydrogen) atoms. The van der Waals surface area contributed by atoms with Crippen LogP contribution >= 0.6 is 0 Å². The lowest BCUT2D eigenvalue weighted by atomic mass is 10.1. The second-order valence-electron chi connectivity index (χ2n) is 4.94. The zero-order valence-electron chi connectivity index (χ0n) is 11.5. The highest BCUT2D eigenvalue weighted by Crippen LogP contribution is 2.00. The fourth-order valence-electron chi connectivity index (χ4n) is 1.55. The van der Waals surface area contributed by atoms with Crippen molar-refractivity contribution < 1.29 is 4.79 Å². The zero-order valence-corrected chi connectivity index (χ0v) is 11.5. The van der Waals surface area contributed by atoms with E-state index in [9.17, 15) is 4.79 Å². The van der Waals surface area contributed by atoms with Crippen molar-refractivity contribution in [3.05, 3.63) is 30.1 Å². The summed E-state index contributed by atoms with van der Waals surface area (Å²) in [5, 5.41) is 2.92. The normalized spacial score (nSPS) is 10.4. The van der Waals surface area contributed by atoms with Gasteiger partial charge >= 0.3 is 6.03 Å². The summed E-state index contributed by atoms with van der Waals surface area (Å²) in [5.41, 5.74) is 1.20. The van der Waals surface area contributed by atoms with Crippen molar-refractivity contribution in [3.8, 4) is 0 Å². The van der Waals surface area contributed by atoms with Crippen LogP contribution in [0, 0.1) is 5.92 Å². The number of aromatic nitrogens is 1. The molecule has 0 radical (unpaired) electrons. The van der Waals surface area contributed by atoms with Crippen molar-refractivity contribution in [3.63, 3.8) is 0 Å². The van der Waals surface area contributed by atoms with Gasteiger partial charge in [-0.2, -0.15) is 0 Å². The minimum atomic E-state index is 0.00436. The van der Waals surface area contributed by atoms with E-state index >= 15 is 0 Å². The van der Waals surface area contributed by atoms with E-state index in [0.29, 0.717) is 5.92 Å². The minimum Gasteiger partial charge on any atom is -0.338 e. The topological polar surface area (TPSA) is 45.2 Å². The van der Waals surface area contributed by atoms with Gasteiger partial charge in [0.15, 0.2) is 0 Å². The molecule has 1 aromatic rings. The van der Waals surface area contributed by atoms with Crippen molar-refractivity contribution in [2.45, 2.75) is 26.7 Å². The molecule has 0 atom stereocenters. The Balaban J connectivity index is 2.23. The second kappa shape index (κ2) is 7.69. The lowest BCUT2D eigenvalue weighted by molar-refractivity contribution is 0.209. The Morgan fingerprint density at radius 1 is 1.39 bits per heavy atom. The number of carbonyl (C=O) groups is 1. The van der Waals surface area contributed by atoms with E-state index in [2.05, 4.69) is 24.1 Å². The fraction of sp³-hybridized carbons (Fsp3) is 0.571. The summed E-state index contributed by atoms with van der Waals surface area (Å²) in [4.78, 5) is 17.4. The molecular weight excluding hydrogens is 226 g/mol. The van der Waals surface area contributed by atoms with Gasteiger partial charge in [-0.25, -0.2) is 4.79 Å². The van der Waals surface area contributed by atoms with E-state index in [0.717, 1.165) is 25.9 Å². The van der Waals surface area contributed by atoms with E-state index < -0.39 is 0 Å². The SMILES string of the molecule is CC(C)CCNC(=O)N(C)CCc1ccncc1. The molecule has 0 aliphatic heterocycles. The predicted octanol–water partition coefficient (Wildman–Crippen LogP) is 2.31. The molecule has 4 nitrogen and oxygen atoms in total. The highest BCUT2D eigenvalue weighted by Gasteiger charge is 2.07. The maximum Gasteiger partial charge on any atom is 0.317 e. The first-order valence-electron chi connectivity index (χ1n) is 6.47. The number of amides is 2. The molecule has 0 aromatic carbocycles. The summed E-state index contributed by atoms with van der Waals surface area (Å²) in [6.07, 6.45) is 5.43. The Morgan fingerprint density at radius 2 is 2.06 bits per heavy atom. The quantitative estimate of drug-likeness (QED) is 0.841. The van der Waals surface area contributed by atoms with Crippen LogP contribution in [0.25, 0.3) is 0 Å². The number of hydrogen-bond donors (Lipinski definition) is 1. The van der Waals surface area contributed by atoms with Crippen LogP contribution in [0.15, 0.2) is 24.5 Å².